The minimum atomic E-state index is 0. The molecule has 2 heterocycles. The smallest absolute Gasteiger partial charge is 0.191 e. The van der Waals surface area contributed by atoms with E-state index < -0.39 is 0 Å². The number of nitrogens with zero attached hydrogens (tertiary/aromatic N) is 3. The van der Waals surface area contributed by atoms with Crippen molar-refractivity contribution in [2.24, 2.45) is 4.99 Å². The fourth-order valence-corrected chi connectivity index (χ4v) is 3.29. The molecule has 5 nitrogen and oxygen atoms in total. The van der Waals surface area contributed by atoms with E-state index >= 15 is 0 Å². The molecule has 0 saturated carbocycles. The predicted octanol–water partition coefficient (Wildman–Crippen LogP) is 2.47. The van der Waals surface area contributed by atoms with Crippen LogP contribution in [-0.4, -0.2) is 49.1 Å². The number of aryl methyl sites for hydroxylation is 1. The van der Waals surface area contributed by atoms with E-state index in [9.17, 15) is 0 Å². The topological polar surface area (TPSA) is 52.6 Å². The molecule has 0 atom stereocenters. The van der Waals surface area contributed by atoms with Gasteiger partial charge in [0.2, 0.25) is 0 Å². The number of halogens is 1. The van der Waals surface area contributed by atoms with Crippen LogP contribution < -0.4 is 10.6 Å². The lowest BCUT2D eigenvalue weighted by atomic mass is 10.1. The van der Waals surface area contributed by atoms with E-state index in [0.29, 0.717) is 0 Å². The van der Waals surface area contributed by atoms with Crippen molar-refractivity contribution in [1.82, 2.24) is 20.5 Å². The summed E-state index contributed by atoms with van der Waals surface area (Å²) < 4.78 is 0. The molecule has 0 aromatic carbocycles. The number of aromatic nitrogens is 1. The van der Waals surface area contributed by atoms with Crippen LogP contribution in [0.5, 0.6) is 0 Å². The Labute approximate surface area is 155 Å². The maximum atomic E-state index is 4.41. The van der Waals surface area contributed by atoms with Crippen molar-refractivity contribution in [3.63, 3.8) is 0 Å². The number of piperidine rings is 1. The monoisotopic (exact) mass is 437 g/mol. The highest BCUT2D eigenvalue weighted by Crippen LogP contribution is 2.12. The van der Waals surface area contributed by atoms with Gasteiger partial charge in [-0.15, -0.1) is 35.3 Å². The summed E-state index contributed by atoms with van der Waals surface area (Å²) in [6, 6.07) is 0. The van der Waals surface area contributed by atoms with E-state index in [0.717, 1.165) is 37.0 Å². The van der Waals surface area contributed by atoms with Crippen LogP contribution in [0.4, 0.5) is 0 Å². The molecule has 7 heteroatoms. The SMILES string of the molecule is CCc1cnc(CNC(=NC)NCCN2CCCCC2)s1.I. The molecule has 1 aromatic rings. The normalized spacial score (nSPS) is 16.2. The number of nitrogens with one attached hydrogen (secondary N) is 2. The molecule has 126 valence electrons. The summed E-state index contributed by atoms with van der Waals surface area (Å²) >= 11 is 1.77. The number of thiazole rings is 1. The highest BCUT2D eigenvalue weighted by atomic mass is 127. The molecule has 22 heavy (non-hydrogen) atoms. The van der Waals surface area contributed by atoms with Gasteiger partial charge >= 0.3 is 0 Å². The van der Waals surface area contributed by atoms with Crippen molar-refractivity contribution in [2.45, 2.75) is 39.2 Å². The first kappa shape index (κ1) is 19.6. The zero-order valence-corrected chi connectivity index (χ0v) is 16.7. The fourth-order valence-electron chi connectivity index (χ4n) is 2.49. The van der Waals surface area contributed by atoms with Crippen LogP contribution in [0.25, 0.3) is 0 Å². The molecule has 0 amide bonds. The Morgan fingerprint density at radius 1 is 1.32 bits per heavy atom. The van der Waals surface area contributed by atoms with Crippen LogP contribution in [-0.2, 0) is 13.0 Å². The molecule has 0 unspecified atom stereocenters. The molecule has 0 radical (unpaired) electrons. The number of rotatable bonds is 6. The average Bonchev–Trinajstić information content (AvgIpc) is 3.00. The Bertz CT molecular complexity index is 443. The minimum absolute atomic E-state index is 0. The van der Waals surface area contributed by atoms with Gasteiger partial charge in [0.1, 0.15) is 5.01 Å². The second-order valence-corrected chi connectivity index (χ2v) is 6.53. The number of guanidine groups is 1. The van der Waals surface area contributed by atoms with E-state index in [4.69, 9.17) is 0 Å². The summed E-state index contributed by atoms with van der Waals surface area (Å²) in [6.07, 6.45) is 7.10. The number of likely N-dealkylation sites (tertiary alicyclic amines) is 1. The first-order valence-electron chi connectivity index (χ1n) is 7.92. The number of hydrogen-bond donors (Lipinski definition) is 2. The Balaban J connectivity index is 0.00000242. The van der Waals surface area contributed by atoms with Crippen LogP contribution in [0.3, 0.4) is 0 Å². The molecular formula is C15H28IN5S. The summed E-state index contributed by atoms with van der Waals surface area (Å²) in [5.41, 5.74) is 0. The molecule has 1 saturated heterocycles. The van der Waals surface area contributed by atoms with E-state index in [1.807, 2.05) is 13.2 Å². The van der Waals surface area contributed by atoms with E-state index in [2.05, 4.69) is 32.4 Å². The van der Waals surface area contributed by atoms with Gasteiger partial charge in [-0.1, -0.05) is 13.3 Å². The van der Waals surface area contributed by atoms with Gasteiger partial charge in [-0.25, -0.2) is 4.98 Å². The molecule has 0 spiro atoms. The van der Waals surface area contributed by atoms with E-state index in [1.165, 1.54) is 37.2 Å². The maximum absolute atomic E-state index is 4.41. The zero-order chi connectivity index (χ0) is 14.9. The van der Waals surface area contributed by atoms with Crippen LogP contribution in [0.1, 0.15) is 36.1 Å². The Morgan fingerprint density at radius 3 is 2.73 bits per heavy atom. The molecule has 2 N–H and O–H groups in total. The van der Waals surface area contributed by atoms with Crippen molar-refractivity contribution < 1.29 is 0 Å². The molecule has 1 aliphatic heterocycles. The Morgan fingerprint density at radius 2 is 2.09 bits per heavy atom. The molecule has 0 aliphatic carbocycles. The van der Waals surface area contributed by atoms with Crippen molar-refractivity contribution in [1.29, 1.82) is 0 Å². The summed E-state index contributed by atoms with van der Waals surface area (Å²) in [6.45, 7) is 7.43. The second-order valence-electron chi connectivity index (χ2n) is 5.33. The van der Waals surface area contributed by atoms with Crippen molar-refractivity contribution in [2.75, 3.05) is 33.2 Å². The van der Waals surface area contributed by atoms with Crippen LogP contribution in [0, 0.1) is 0 Å². The van der Waals surface area contributed by atoms with Gasteiger partial charge in [0.05, 0.1) is 6.54 Å². The first-order valence-corrected chi connectivity index (χ1v) is 8.74. The molecule has 0 bridgehead atoms. The van der Waals surface area contributed by atoms with Crippen molar-refractivity contribution in [3.8, 4) is 0 Å². The maximum Gasteiger partial charge on any atom is 0.191 e. The third-order valence-corrected chi connectivity index (χ3v) is 4.89. The largest absolute Gasteiger partial charge is 0.355 e. The third-order valence-electron chi connectivity index (χ3n) is 3.75. The minimum Gasteiger partial charge on any atom is -0.355 e. The van der Waals surface area contributed by atoms with Gasteiger partial charge in [-0.05, 0) is 32.4 Å². The Kier molecular flexibility index (Phi) is 9.98. The lowest BCUT2D eigenvalue weighted by molar-refractivity contribution is 0.232. The van der Waals surface area contributed by atoms with Gasteiger partial charge in [-0.2, -0.15) is 0 Å². The summed E-state index contributed by atoms with van der Waals surface area (Å²) in [5.74, 6) is 0.861. The molecule has 1 aromatic heterocycles. The molecular weight excluding hydrogens is 409 g/mol. The standard InChI is InChI=1S/C15H27N5S.HI/c1-3-13-11-18-14(21-13)12-19-15(16-2)17-7-10-20-8-5-4-6-9-20;/h11H,3-10,12H2,1-2H3,(H2,16,17,19);1H. The van der Waals surface area contributed by atoms with Crippen LogP contribution in [0.2, 0.25) is 0 Å². The van der Waals surface area contributed by atoms with Gasteiger partial charge in [0.25, 0.3) is 0 Å². The summed E-state index contributed by atoms with van der Waals surface area (Å²) in [5, 5.41) is 7.83. The summed E-state index contributed by atoms with van der Waals surface area (Å²) in [4.78, 5) is 12.5. The van der Waals surface area contributed by atoms with Crippen LogP contribution >= 0.6 is 35.3 Å². The van der Waals surface area contributed by atoms with E-state index in [1.54, 1.807) is 11.3 Å². The molecule has 1 aliphatic rings. The summed E-state index contributed by atoms with van der Waals surface area (Å²) in [7, 11) is 1.82. The Hall–Kier alpha value is -0.410. The third kappa shape index (κ3) is 6.78. The molecule has 1 fully saturated rings. The second kappa shape index (κ2) is 11.2. The fraction of sp³-hybridized carbons (Fsp3) is 0.733. The van der Waals surface area contributed by atoms with Crippen molar-refractivity contribution in [3.05, 3.63) is 16.1 Å². The quantitative estimate of drug-likeness (QED) is 0.408. The predicted molar refractivity (Wildman–Crippen MR) is 105 cm³/mol. The number of hydrogen-bond acceptors (Lipinski definition) is 4. The lowest BCUT2D eigenvalue weighted by Crippen LogP contribution is -2.42. The number of aliphatic imine (C=N–C) groups is 1. The van der Waals surface area contributed by atoms with Gasteiger partial charge in [0.15, 0.2) is 5.96 Å². The van der Waals surface area contributed by atoms with Crippen LogP contribution in [0.15, 0.2) is 11.2 Å². The zero-order valence-electron chi connectivity index (χ0n) is 13.6. The van der Waals surface area contributed by atoms with Gasteiger partial charge in [0, 0.05) is 31.2 Å². The highest BCUT2D eigenvalue weighted by molar-refractivity contribution is 14.0. The lowest BCUT2D eigenvalue weighted by Gasteiger charge is -2.26. The van der Waals surface area contributed by atoms with Crippen molar-refractivity contribution >= 4 is 41.3 Å². The van der Waals surface area contributed by atoms with Gasteiger partial charge < -0.3 is 15.5 Å². The van der Waals surface area contributed by atoms with E-state index in [-0.39, 0.29) is 24.0 Å². The first-order chi connectivity index (χ1) is 10.3. The average molecular weight is 437 g/mol. The van der Waals surface area contributed by atoms with Gasteiger partial charge in [-0.3, -0.25) is 4.99 Å². The molecule has 2 rings (SSSR count). The highest BCUT2D eigenvalue weighted by Gasteiger charge is 2.09.